The fraction of sp³-hybridized carbons (Fsp3) is 0. The molecule has 124 valence electrons. The highest BCUT2D eigenvalue weighted by Gasteiger charge is 2.05. The van der Waals surface area contributed by atoms with Crippen molar-refractivity contribution in [3.63, 3.8) is 0 Å². The summed E-state index contributed by atoms with van der Waals surface area (Å²) in [6, 6.07) is 24.4. The molecule has 5 aromatic rings. The van der Waals surface area contributed by atoms with Crippen molar-refractivity contribution in [1.29, 1.82) is 0 Å². The summed E-state index contributed by atoms with van der Waals surface area (Å²) in [5, 5.41) is 9.47. The molecule has 0 unspecified atom stereocenters. The first-order chi connectivity index (χ1) is 12.9. The van der Waals surface area contributed by atoms with Gasteiger partial charge in [0.2, 0.25) is 0 Å². The zero-order valence-corrected chi connectivity index (χ0v) is 14.6. The summed E-state index contributed by atoms with van der Waals surface area (Å²) in [7, 11) is 0. The number of para-hydroxylation sites is 2. The minimum absolute atomic E-state index is 0.896. The Morgan fingerprint density at radius 2 is 1.54 bits per heavy atom. The van der Waals surface area contributed by atoms with E-state index in [2.05, 4.69) is 57.8 Å². The van der Waals surface area contributed by atoms with Gasteiger partial charge in [0.25, 0.3) is 0 Å². The van der Waals surface area contributed by atoms with Crippen LogP contribution >= 0.6 is 11.3 Å². The maximum atomic E-state index is 4.63. The summed E-state index contributed by atoms with van der Waals surface area (Å²) < 4.78 is 3.07. The monoisotopic (exact) mass is 354 g/mol. The van der Waals surface area contributed by atoms with Gasteiger partial charge in [0.05, 0.1) is 21.4 Å². The Bertz CT molecular complexity index is 1200. The molecule has 0 saturated heterocycles. The highest BCUT2D eigenvalue weighted by molar-refractivity contribution is 7.19. The molecule has 3 aromatic carbocycles. The van der Waals surface area contributed by atoms with E-state index in [0.717, 1.165) is 32.8 Å². The second-order valence-electron chi connectivity index (χ2n) is 5.93. The third-order valence-electron chi connectivity index (χ3n) is 4.22. The molecule has 5 rings (SSSR count). The highest BCUT2D eigenvalue weighted by atomic mass is 32.1. The predicted octanol–water partition coefficient (Wildman–Crippen LogP) is 5.20. The van der Waals surface area contributed by atoms with E-state index in [4.69, 9.17) is 0 Å². The molecule has 0 spiro atoms. The summed E-state index contributed by atoms with van der Waals surface area (Å²) in [6.45, 7) is 0. The van der Waals surface area contributed by atoms with Crippen LogP contribution in [0.25, 0.3) is 39.1 Å². The third-order valence-corrected chi connectivity index (χ3v) is 5.22. The minimum atomic E-state index is 0.896. The molecule has 0 bridgehead atoms. The summed E-state index contributed by atoms with van der Waals surface area (Å²) in [5.41, 5.74) is 5.07. The van der Waals surface area contributed by atoms with Crippen LogP contribution in [-0.2, 0) is 0 Å². The number of hydrogen-bond acceptors (Lipinski definition) is 4. The van der Waals surface area contributed by atoms with Gasteiger partial charge in [-0.25, -0.2) is 9.67 Å². The van der Waals surface area contributed by atoms with Crippen molar-refractivity contribution >= 4 is 44.7 Å². The van der Waals surface area contributed by atoms with Crippen LogP contribution in [0.3, 0.4) is 0 Å². The first-order valence-corrected chi connectivity index (χ1v) is 9.13. The quantitative estimate of drug-likeness (QED) is 0.447. The van der Waals surface area contributed by atoms with E-state index in [1.165, 1.54) is 4.70 Å². The van der Waals surface area contributed by atoms with Crippen LogP contribution in [0.1, 0.15) is 10.6 Å². The van der Waals surface area contributed by atoms with E-state index in [9.17, 15) is 0 Å². The van der Waals surface area contributed by atoms with Crippen molar-refractivity contribution in [2.75, 3.05) is 0 Å². The number of rotatable bonds is 3. The Balaban J connectivity index is 1.42. The van der Waals surface area contributed by atoms with Crippen molar-refractivity contribution in [2.45, 2.75) is 0 Å². The van der Waals surface area contributed by atoms with Crippen molar-refractivity contribution in [2.24, 2.45) is 0 Å². The standard InChI is InChI=1S/C21H14N4S/c1-3-7-19-17(5-1)23-24-25(19)16-12-9-15(10-13-16)11-14-21-22-18-6-2-4-8-20(18)26-21/h1-14H/b14-11+. The first-order valence-electron chi connectivity index (χ1n) is 8.31. The number of aromatic nitrogens is 4. The number of benzene rings is 3. The molecule has 5 heteroatoms. The van der Waals surface area contributed by atoms with Gasteiger partial charge in [0, 0.05) is 0 Å². The zero-order chi connectivity index (χ0) is 17.3. The number of nitrogens with zero attached hydrogens (tertiary/aromatic N) is 4. The van der Waals surface area contributed by atoms with Gasteiger partial charge in [-0.2, -0.15) is 0 Å². The van der Waals surface area contributed by atoms with Crippen molar-refractivity contribution in [3.8, 4) is 5.69 Å². The average molecular weight is 354 g/mol. The highest BCUT2D eigenvalue weighted by Crippen LogP contribution is 2.23. The van der Waals surface area contributed by atoms with Crippen molar-refractivity contribution in [1.82, 2.24) is 20.0 Å². The predicted molar refractivity (Wildman–Crippen MR) is 107 cm³/mol. The Hall–Kier alpha value is -3.31. The van der Waals surface area contributed by atoms with E-state index in [0.29, 0.717) is 0 Å². The summed E-state index contributed by atoms with van der Waals surface area (Å²) in [5.74, 6) is 0. The molecule has 0 atom stereocenters. The van der Waals surface area contributed by atoms with Gasteiger partial charge in [-0.05, 0) is 48.0 Å². The second-order valence-corrected chi connectivity index (χ2v) is 7.00. The second kappa shape index (κ2) is 6.20. The number of thiazole rings is 1. The maximum Gasteiger partial charge on any atom is 0.117 e. The van der Waals surface area contributed by atoms with Gasteiger partial charge < -0.3 is 0 Å². The van der Waals surface area contributed by atoms with Gasteiger partial charge in [-0.1, -0.05) is 47.7 Å². The lowest BCUT2D eigenvalue weighted by molar-refractivity contribution is 0.824. The Labute approximate surface area is 154 Å². The normalized spacial score (nSPS) is 11.7. The lowest BCUT2D eigenvalue weighted by Crippen LogP contribution is -1.96. The Kier molecular flexibility index (Phi) is 3.57. The van der Waals surface area contributed by atoms with E-state index in [1.54, 1.807) is 11.3 Å². The molecular weight excluding hydrogens is 340 g/mol. The van der Waals surface area contributed by atoms with E-state index in [1.807, 2.05) is 47.1 Å². The van der Waals surface area contributed by atoms with Gasteiger partial charge in [-0.15, -0.1) is 16.4 Å². The maximum absolute atomic E-state index is 4.63. The molecule has 0 N–H and O–H groups in total. The molecule has 0 saturated carbocycles. The summed E-state index contributed by atoms with van der Waals surface area (Å²) >= 11 is 1.70. The topological polar surface area (TPSA) is 43.6 Å². The lowest BCUT2D eigenvalue weighted by atomic mass is 10.2. The molecule has 2 heterocycles. The van der Waals surface area contributed by atoms with Gasteiger partial charge in [-0.3, -0.25) is 0 Å². The van der Waals surface area contributed by atoms with Crippen LogP contribution in [0, 0.1) is 0 Å². The minimum Gasteiger partial charge on any atom is -0.237 e. The van der Waals surface area contributed by atoms with E-state index >= 15 is 0 Å². The molecule has 0 radical (unpaired) electrons. The van der Waals surface area contributed by atoms with Gasteiger partial charge in [0.1, 0.15) is 10.5 Å². The fourth-order valence-electron chi connectivity index (χ4n) is 2.92. The van der Waals surface area contributed by atoms with Crippen LogP contribution in [0.15, 0.2) is 72.8 Å². The van der Waals surface area contributed by atoms with Gasteiger partial charge >= 0.3 is 0 Å². The van der Waals surface area contributed by atoms with Crippen LogP contribution in [0.5, 0.6) is 0 Å². The van der Waals surface area contributed by atoms with Crippen LogP contribution in [0.4, 0.5) is 0 Å². The molecule has 0 aliphatic rings. The van der Waals surface area contributed by atoms with Crippen molar-refractivity contribution in [3.05, 3.63) is 83.4 Å². The van der Waals surface area contributed by atoms with Gasteiger partial charge in [0.15, 0.2) is 0 Å². The molecule has 0 aliphatic heterocycles. The first kappa shape index (κ1) is 15.0. The number of hydrogen-bond donors (Lipinski definition) is 0. The molecule has 0 amide bonds. The molecule has 26 heavy (non-hydrogen) atoms. The Morgan fingerprint density at radius 1 is 0.769 bits per heavy atom. The Morgan fingerprint density at radius 3 is 2.38 bits per heavy atom. The third kappa shape index (κ3) is 2.68. The SMILES string of the molecule is C(=C\c1nc2ccccc2s1)/c1ccc(-n2nnc3ccccc32)cc1. The molecule has 0 aliphatic carbocycles. The smallest absolute Gasteiger partial charge is 0.117 e. The van der Waals surface area contributed by atoms with Crippen LogP contribution in [0.2, 0.25) is 0 Å². The molecule has 2 aromatic heterocycles. The zero-order valence-electron chi connectivity index (χ0n) is 13.8. The summed E-state index contributed by atoms with van der Waals surface area (Å²) in [6.07, 6.45) is 4.14. The molecule has 0 fully saturated rings. The largest absolute Gasteiger partial charge is 0.237 e. The number of fused-ring (bicyclic) bond motifs is 2. The van der Waals surface area contributed by atoms with Crippen LogP contribution in [-0.4, -0.2) is 20.0 Å². The van der Waals surface area contributed by atoms with E-state index < -0.39 is 0 Å². The fourth-order valence-corrected chi connectivity index (χ4v) is 3.79. The lowest BCUT2D eigenvalue weighted by Gasteiger charge is -2.02. The molecular formula is C21H14N4S. The van der Waals surface area contributed by atoms with E-state index in [-0.39, 0.29) is 0 Å². The summed E-state index contributed by atoms with van der Waals surface area (Å²) in [4.78, 5) is 4.63. The average Bonchev–Trinajstić information content (AvgIpc) is 3.30. The van der Waals surface area contributed by atoms with Crippen LogP contribution < -0.4 is 0 Å². The molecule has 4 nitrogen and oxygen atoms in total. The van der Waals surface area contributed by atoms with Crippen molar-refractivity contribution < 1.29 is 0 Å².